The quantitative estimate of drug-likeness (QED) is 0.629. The number of rotatable bonds is 2. The molecule has 0 spiro atoms. The number of carbonyl (C=O) groups excluding carboxylic acids is 2. The van der Waals surface area contributed by atoms with Crippen molar-refractivity contribution in [1.82, 2.24) is 5.43 Å². The SMILES string of the molecule is Cc1ccccc1NC(=O)C(=O)NN=C1CCCC1. The average molecular weight is 259 g/mol. The van der Waals surface area contributed by atoms with E-state index in [1.807, 2.05) is 19.1 Å². The number of nitrogens with zero attached hydrogens (tertiary/aromatic N) is 1. The van der Waals surface area contributed by atoms with Gasteiger partial charge in [0.1, 0.15) is 0 Å². The number of amides is 2. The number of hydrogen-bond acceptors (Lipinski definition) is 3. The normalized spacial score (nSPS) is 14.1. The zero-order valence-electron chi connectivity index (χ0n) is 10.9. The molecule has 0 saturated heterocycles. The van der Waals surface area contributed by atoms with Crippen LogP contribution < -0.4 is 10.7 Å². The highest BCUT2D eigenvalue weighted by Crippen LogP contribution is 2.14. The van der Waals surface area contributed by atoms with E-state index >= 15 is 0 Å². The predicted octanol–water partition coefficient (Wildman–Crippen LogP) is 1.98. The lowest BCUT2D eigenvalue weighted by molar-refractivity contribution is -0.136. The monoisotopic (exact) mass is 259 g/mol. The lowest BCUT2D eigenvalue weighted by Crippen LogP contribution is -2.33. The van der Waals surface area contributed by atoms with Gasteiger partial charge in [0.05, 0.1) is 0 Å². The van der Waals surface area contributed by atoms with Gasteiger partial charge in [-0.3, -0.25) is 9.59 Å². The van der Waals surface area contributed by atoms with E-state index in [0.717, 1.165) is 37.0 Å². The van der Waals surface area contributed by atoms with E-state index in [4.69, 9.17) is 0 Å². The Bertz CT molecular complexity index is 515. The maximum absolute atomic E-state index is 11.7. The Morgan fingerprint density at radius 2 is 1.79 bits per heavy atom. The highest BCUT2D eigenvalue weighted by molar-refractivity contribution is 6.39. The molecule has 1 saturated carbocycles. The van der Waals surface area contributed by atoms with E-state index in [-0.39, 0.29) is 0 Å². The molecule has 1 aliphatic rings. The van der Waals surface area contributed by atoms with Crippen LogP contribution in [0.5, 0.6) is 0 Å². The van der Waals surface area contributed by atoms with Crippen LogP contribution >= 0.6 is 0 Å². The van der Waals surface area contributed by atoms with Gasteiger partial charge in [-0.25, -0.2) is 5.43 Å². The third-order valence-corrected chi connectivity index (χ3v) is 3.10. The molecule has 1 aliphatic carbocycles. The first-order chi connectivity index (χ1) is 9.16. The van der Waals surface area contributed by atoms with Gasteiger partial charge in [-0.1, -0.05) is 18.2 Å². The molecule has 0 heterocycles. The molecule has 19 heavy (non-hydrogen) atoms. The molecular weight excluding hydrogens is 242 g/mol. The highest BCUT2D eigenvalue weighted by atomic mass is 16.2. The summed E-state index contributed by atoms with van der Waals surface area (Å²) in [6.45, 7) is 1.87. The Hall–Kier alpha value is -2.17. The zero-order chi connectivity index (χ0) is 13.7. The molecule has 0 unspecified atom stereocenters. The first-order valence-electron chi connectivity index (χ1n) is 6.39. The lowest BCUT2D eigenvalue weighted by atomic mass is 10.2. The molecule has 1 aromatic rings. The Kier molecular flexibility index (Phi) is 4.28. The average Bonchev–Trinajstić information content (AvgIpc) is 2.91. The second-order valence-electron chi connectivity index (χ2n) is 4.60. The molecule has 0 aliphatic heterocycles. The summed E-state index contributed by atoms with van der Waals surface area (Å²) in [5, 5.41) is 6.53. The number of nitrogens with one attached hydrogen (secondary N) is 2. The maximum Gasteiger partial charge on any atom is 0.329 e. The molecule has 2 N–H and O–H groups in total. The predicted molar refractivity (Wildman–Crippen MR) is 73.9 cm³/mol. The van der Waals surface area contributed by atoms with Crippen LogP contribution in [0.1, 0.15) is 31.2 Å². The van der Waals surface area contributed by atoms with Crippen molar-refractivity contribution < 1.29 is 9.59 Å². The molecule has 1 fully saturated rings. The molecule has 0 radical (unpaired) electrons. The van der Waals surface area contributed by atoms with Gasteiger partial charge in [0, 0.05) is 11.4 Å². The van der Waals surface area contributed by atoms with Crippen molar-refractivity contribution in [2.24, 2.45) is 5.10 Å². The molecule has 2 rings (SSSR count). The van der Waals surface area contributed by atoms with Gasteiger partial charge >= 0.3 is 11.8 Å². The van der Waals surface area contributed by atoms with Crippen LogP contribution in [0, 0.1) is 6.92 Å². The second kappa shape index (κ2) is 6.13. The Labute approximate surface area is 112 Å². The van der Waals surface area contributed by atoms with Gasteiger partial charge < -0.3 is 5.32 Å². The number of hydrogen-bond donors (Lipinski definition) is 2. The van der Waals surface area contributed by atoms with Crippen molar-refractivity contribution in [3.63, 3.8) is 0 Å². The third kappa shape index (κ3) is 3.64. The fourth-order valence-electron chi connectivity index (χ4n) is 1.97. The third-order valence-electron chi connectivity index (χ3n) is 3.10. The summed E-state index contributed by atoms with van der Waals surface area (Å²) < 4.78 is 0. The van der Waals surface area contributed by atoms with Gasteiger partial charge in [0.15, 0.2) is 0 Å². The first-order valence-corrected chi connectivity index (χ1v) is 6.39. The van der Waals surface area contributed by atoms with E-state index in [9.17, 15) is 9.59 Å². The van der Waals surface area contributed by atoms with E-state index < -0.39 is 11.8 Å². The molecule has 0 bridgehead atoms. The number of anilines is 1. The van der Waals surface area contributed by atoms with Crippen LogP contribution in [0.25, 0.3) is 0 Å². The molecule has 0 aromatic heterocycles. The van der Waals surface area contributed by atoms with E-state index in [1.54, 1.807) is 12.1 Å². The smallest absolute Gasteiger partial charge is 0.317 e. The molecule has 5 nitrogen and oxygen atoms in total. The molecule has 5 heteroatoms. The fourth-order valence-corrected chi connectivity index (χ4v) is 1.97. The summed E-state index contributed by atoms with van der Waals surface area (Å²) >= 11 is 0. The van der Waals surface area contributed by atoms with Gasteiger partial charge in [-0.05, 0) is 44.2 Å². The topological polar surface area (TPSA) is 70.6 Å². The van der Waals surface area contributed by atoms with Crippen LogP contribution in [-0.2, 0) is 9.59 Å². The molecule has 0 atom stereocenters. The van der Waals surface area contributed by atoms with Crippen molar-refractivity contribution in [3.8, 4) is 0 Å². The number of carbonyl (C=O) groups is 2. The van der Waals surface area contributed by atoms with Crippen LogP contribution in [0.2, 0.25) is 0 Å². The van der Waals surface area contributed by atoms with Crippen molar-refractivity contribution >= 4 is 23.2 Å². The summed E-state index contributed by atoms with van der Waals surface area (Å²) in [6, 6.07) is 7.30. The van der Waals surface area contributed by atoms with Gasteiger partial charge in [-0.2, -0.15) is 5.10 Å². The summed E-state index contributed by atoms with van der Waals surface area (Å²) in [4.78, 5) is 23.3. The highest BCUT2D eigenvalue weighted by Gasteiger charge is 2.15. The van der Waals surface area contributed by atoms with Crippen molar-refractivity contribution in [2.75, 3.05) is 5.32 Å². The van der Waals surface area contributed by atoms with Crippen molar-refractivity contribution in [2.45, 2.75) is 32.6 Å². The summed E-state index contributed by atoms with van der Waals surface area (Å²) in [5.74, 6) is -1.43. The minimum Gasteiger partial charge on any atom is -0.317 e. The van der Waals surface area contributed by atoms with E-state index in [2.05, 4.69) is 15.8 Å². The minimum atomic E-state index is -0.734. The molecule has 1 aromatic carbocycles. The van der Waals surface area contributed by atoms with Crippen molar-refractivity contribution in [3.05, 3.63) is 29.8 Å². The Balaban J connectivity index is 1.91. The lowest BCUT2D eigenvalue weighted by Gasteiger charge is -2.06. The van der Waals surface area contributed by atoms with E-state index in [1.165, 1.54) is 0 Å². The molecule has 2 amide bonds. The van der Waals surface area contributed by atoms with Crippen LogP contribution in [0.4, 0.5) is 5.69 Å². The summed E-state index contributed by atoms with van der Waals surface area (Å²) in [6.07, 6.45) is 4.01. The van der Waals surface area contributed by atoms with Crippen LogP contribution in [-0.4, -0.2) is 17.5 Å². The van der Waals surface area contributed by atoms with Gasteiger partial charge in [0.2, 0.25) is 0 Å². The summed E-state index contributed by atoms with van der Waals surface area (Å²) in [7, 11) is 0. The molecule has 100 valence electrons. The first kappa shape index (κ1) is 13.3. The largest absolute Gasteiger partial charge is 0.329 e. The maximum atomic E-state index is 11.7. The fraction of sp³-hybridized carbons (Fsp3) is 0.357. The van der Waals surface area contributed by atoms with Gasteiger partial charge in [0.25, 0.3) is 0 Å². The van der Waals surface area contributed by atoms with Crippen molar-refractivity contribution in [1.29, 1.82) is 0 Å². The van der Waals surface area contributed by atoms with Crippen LogP contribution in [0.3, 0.4) is 0 Å². The second-order valence-corrected chi connectivity index (χ2v) is 4.60. The summed E-state index contributed by atoms with van der Waals surface area (Å²) in [5.41, 5.74) is 4.80. The minimum absolute atomic E-state index is 0.635. The van der Waals surface area contributed by atoms with Gasteiger partial charge in [-0.15, -0.1) is 0 Å². The zero-order valence-corrected chi connectivity index (χ0v) is 10.9. The van der Waals surface area contributed by atoms with E-state index in [0.29, 0.717) is 5.69 Å². The standard InChI is InChI=1S/C14H17N3O2/c1-10-6-2-5-9-12(10)15-13(18)14(19)17-16-11-7-3-4-8-11/h2,5-6,9H,3-4,7-8H2,1H3,(H,15,18)(H,17,19). The molecular formula is C14H17N3O2. The Morgan fingerprint density at radius 3 is 2.47 bits per heavy atom. The number of aryl methyl sites for hydroxylation is 1. The number of hydrazone groups is 1. The Morgan fingerprint density at radius 1 is 1.11 bits per heavy atom. The van der Waals surface area contributed by atoms with Crippen LogP contribution in [0.15, 0.2) is 29.4 Å². The number of para-hydroxylation sites is 1. The number of benzene rings is 1.